The van der Waals surface area contributed by atoms with Gasteiger partial charge in [-0.2, -0.15) is 0 Å². The largest absolute Gasteiger partial charge is 0.324 e. The second-order valence-electron chi connectivity index (χ2n) is 6.61. The Morgan fingerprint density at radius 2 is 1.65 bits per heavy atom. The van der Waals surface area contributed by atoms with Crippen molar-refractivity contribution in [3.05, 3.63) is 59.2 Å². The molecule has 0 heterocycles. The second-order valence-corrected chi connectivity index (χ2v) is 8.47. The number of sulfonamides is 1. The number of benzene rings is 2. The predicted molar refractivity (Wildman–Crippen MR) is 107 cm³/mol. The maximum Gasteiger partial charge on any atom is 0.248 e. The first-order chi connectivity index (χ1) is 12.1. The molecule has 0 radical (unpaired) electrons. The summed E-state index contributed by atoms with van der Waals surface area (Å²) in [6, 6.07) is 11.9. The van der Waals surface area contributed by atoms with E-state index in [1.165, 1.54) is 4.31 Å². The van der Waals surface area contributed by atoms with Crippen molar-refractivity contribution in [2.45, 2.75) is 40.2 Å². The normalized spacial score (nSPS) is 12.5. The van der Waals surface area contributed by atoms with Crippen molar-refractivity contribution < 1.29 is 13.2 Å². The van der Waals surface area contributed by atoms with Gasteiger partial charge in [0, 0.05) is 5.69 Å². The van der Waals surface area contributed by atoms with Gasteiger partial charge in [0.05, 0.1) is 11.9 Å². The number of carbonyl (C=O) groups excluding carboxylic acids is 1. The molecule has 0 aromatic heterocycles. The van der Waals surface area contributed by atoms with Crippen molar-refractivity contribution in [1.82, 2.24) is 0 Å². The summed E-state index contributed by atoms with van der Waals surface area (Å²) in [5, 5.41) is 2.85. The quantitative estimate of drug-likeness (QED) is 0.836. The van der Waals surface area contributed by atoms with Gasteiger partial charge in [0.2, 0.25) is 15.9 Å². The molecule has 0 aliphatic rings. The van der Waals surface area contributed by atoms with Crippen LogP contribution in [0.5, 0.6) is 0 Å². The SMILES string of the molecule is CC[C@H](C(=O)Nc1ccc(C)c(C)c1)N(c1ccc(C)cc1)S(C)(=O)=O. The molecule has 1 atom stereocenters. The molecule has 0 unspecified atom stereocenters. The number of hydrogen-bond donors (Lipinski definition) is 1. The van der Waals surface area contributed by atoms with Gasteiger partial charge in [-0.25, -0.2) is 8.42 Å². The van der Waals surface area contributed by atoms with Crippen LogP contribution in [-0.4, -0.2) is 26.6 Å². The van der Waals surface area contributed by atoms with Crippen LogP contribution in [0.15, 0.2) is 42.5 Å². The molecule has 1 N–H and O–H groups in total. The lowest BCUT2D eigenvalue weighted by Gasteiger charge is -2.30. The Hall–Kier alpha value is -2.34. The minimum absolute atomic E-state index is 0.346. The minimum atomic E-state index is -3.62. The van der Waals surface area contributed by atoms with E-state index in [1.54, 1.807) is 19.1 Å². The topological polar surface area (TPSA) is 66.5 Å². The van der Waals surface area contributed by atoms with E-state index in [4.69, 9.17) is 0 Å². The lowest BCUT2D eigenvalue weighted by molar-refractivity contribution is -0.117. The van der Waals surface area contributed by atoms with E-state index in [9.17, 15) is 13.2 Å². The van der Waals surface area contributed by atoms with Gasteiger partial charge in [-0.3, -0.25) is 9.10 Å². The summed E-state index contributed by atoms with van der Waals surface area (Å²) in [5.74, 6) is -0.346. The van der Waals surface area contributed by atoms with Gasteiger partial charge in [0.25, 0.3) is 0 Å². The number of hydrogen-bond acceptors (Lipinski definition) is 3. The lowest BCUT2D eigenvalue weighted by atomic mass is 10.1. The first kappa shape index (κ1) is 20.0. The zero-order chi connectivity index (χ0) is 19.5. The molecule has 0 spiro atoms. The molecule has 0 saturated carbocycles. The third-order valence-electron chi connectivity index (χ3n) is 4.39. The van der Waals surface area contributed by atoms with E-state index < -0.39 is 16.1 Å². The Bertz CT molecular complexity index is 890. The molecule has 2 aromatic carbocycles. The monoisotopic (exact) mass is 374 g/mol. The molecule has 26 heavy (non-hydrogen) atoms. The molecule has 0 bridgehead atoms. The fourth-order valence-electron chi connectivity index (χ4n) is 2.80. The Balaban J connectivity index is 2.36. The van der Waals surface area contributed by atoms with Gasteiger partial charge >= 0.3 is 0 Å². The molecule has 0 fully saturated rings. The van der Waals surface area contributed by atoms with Crippen LogP contribution < -0.4 is 9.62 Å². The number of anilines is 2. The van der Waals surface area contributed by atoms with E-state index >= 15 is 0 Å². The summed E-state index contributed by atoms with van der Waals surface area (Å²) in [7, 11) is -3.62. The van der Waals surface area contributed by atoms with Crippen molar-refractivity contribution in [1.29, 1.82) is 0 Å². The summed E-state index contributed by atoms with van der Waals surface area (Å²) in [6.07, 6.45) is 1.48. The third-order valence-corrected chi connectivity index (χ3v) is 5.57. The van der Waals surface area contributed by atoms with Crippen molar-refractivity contribution in [2.24, 2.45) is 0 Å². The summed E-state index contributed by atoms with van der Waals surface area (Å²) in [4.78, 5) is 12.9. The zero-order valence-corrected chi connectivity index (χ0v) is 16.7. The smallest absolute Gasteiger partial charge is 0.248 e. The van der Waals surface area contributed by atoms with Crippen LogP contribution in [0.4, 0.5) is 11.4 Å². The molecule has 0 aliphatic heterocycles. The second kappa shape index (κ2) is 7.91. The maximum absolute atomic E-state index is 12.9. The molecular weight excluding hydrogens is 348 g/mol. The molecule has 0 aliphatic carbocycles. The standard InChI is InChI=1S/C20H26N2O3S/c1-6-19(20(23)21-17-10-9-15(3)16(4)13-17)22(26(5,24)25)18-11-7-14(2)8-12-18/h7-13,19H,6H2,1-5H3,(H,21,23)/t19-/m1/s1. The molecule has 5 nitrogen and oxygen atoms in total. The van der Waals surface area contributed by atoms with Crippen molar-refractivity contribution in [3.8, 4) is 0 Å². The average molecular weight is 375 g/mol. The van der Waals surface area contributed by atoms with Crippen LogP contribution in [0.3, 0.4) is 0 Å². The Morgan fingerprint density at radius 1 is 1.04 bits per heavy atom. The molecule has 6 heteroatoms. The summed E-state index contributed by atoms with van der Waals surface area (Å²) in [6.45, 7) is 7.70. The van der Waals surface area contributed by atoms with E-state index in [-0.39, 0.29) is 5.91 Å². The van der Waals surface area contributed by atoms with Crippen LogP contribution in [-0.2, 0) is 14.8 Å². The van der Waals surface area contributed by atoms with Gasteiger partial charge in [-0.05, 0) is 62.6 Å². The highest BCUT2D eigenvalue weighted by atomic mass is 32.2. The van der Waals surface area contributed by atoms with Crippen LogP contribution >= 0.6 is 0 Å². The van der Waals surface area contributed by atoms with Crippen LogP contribution in [0.25, 0.3) is 0 Å². The van der Waals surface area contributed by atoms with E-state index in [0.717, 1.165) is 22.9 Å². The van der Waals surface area contributed by atoms with E-state index in [2.05, 4.69) is 5.32 Å². The number of aryl methyl sites for hydroxylation is 3. The average Bonchev–Trinajstić information content (AvgIpc) is 2.56. The van der Waals surface area contributed by atoms with Gasteiger partial charge in [-0.1, -0.05) is 30.7 Å². The highest BCUT2D eigenvalue weighted by Gasteiger charge is 2.31. The highest BCUT2D eigenvalue weighted by Crippen LogP contribution is 2.24. The zero-order valence-electron chi connectivity index (χ0n) is 15.9. The molecule has 2 aromatic rings. The van der Waals surface area contributed by atoms with Crippen LogP contribution in [0, 0.1) is 20.8 Å². The number of amides is 1. The fraction of sp³-hybridized carbons (Fsp3) is 0.350. The maximum atomic E-state index is 12.9. The van der Waals surface area contributed by atoms with Gasteiger partial charge < -0.3 is 5.32 Å². The minimum Gasteiger partial charge on any atom is -0.324 e. The van der Waals surface area contributed by atoms with Crippen LogP contribution in [0.1, 0.15) is 30.0 Å². The summed E-state index contributed by atoms with van der Waals surface area (Å²) < 4.78 is 26.0. The number of nitrogens with one attached hydrogen (secondary N) is 1. The van der Waals surface area contributed by atoms with E-state index in [0.29, 0.717) is 17.8 Å². The van der Waals surface area contributed by atoms with Gasteiger partial charge in [0.15, 0.2) is 0 Å². The fourth-order valence-corrected chi connectivity index (χ4v) is 4.01. The first-order valence-corrected chi connectivity index (χ1v) is 10.4. The van der Waals surface area contributed by atoms with Crippen molar-refractivity contribution in [2.75, 3.05) is 15.9 Å². The lowest BCUT2D eigenvalue weighted by Crippen LogP contribution is -2.47. The Morgan fingerprint density at radius 3 is 2.15 bits per heavy atom. The first-order valence-electron chi connectivity index (χ1n) is 8.57. The summed E-state index contributed by atoms with van der Waals surface area (Å²) >= 11 is 0. The highest BCUT2D eigenvalue weighted by molar-refractivity contribution is 7.92. The molecule has 2 rings (SSSR count). The Labute approximate surface area is 156 Å². The van der Waals surface area contributed by atoms with Gasteiger partial charge in [-0.15, -0.1) is 0 Å². The Kier molecular flexibility index (Phi) is 6.08. The van der Waals surface area contributed by atoms with Gasteiger partial charge in [0.1, 0.15) is 6.04 Å². The predicted octanol–water partition coefficient (Wildman–Crippen LogP) is 3.80. The summed E-state index contributed by atoms with van der Waals surface area (Å²) in [5.41, 5.74) is 4.37. The third kappa shape index (κ3) is 4.64. The molecule has 0 saturated heterocycles. The van der Waals surface area contributed by atoms with E-state index in [1.807, 2.05) is 51.1 Å². The van der Waals surface area contributed by atoms with Crippen molar-refractivity contribution >= 4 is 27.3 Å². The number of rotatable bonds is 6. The number of carbonyl (C=O) groups is 1. The van der Waals surface area contributed by atoms with Crippen LogP contribution in [0.2, 0.25) is 0 Å². The molecular formula is C20H26N2O3S. The number of nitrogens with zero attached hydrogens (tertiary/aromatic N) is 1. The van der Waals surface area contributed by atoms with Crippen molar-refractivity contribution in [3.63, 3.8) is 0 Å². The molecule has 1 amide bonds. The molecule has 140 valence electrons.